The highest BCUT2D eigenvalue weighted by Crippen LogP contribution is 2.23. The first-order chi connectivity index (χ1) is 10.9. The number of nitrogens with zero attached hydrogens (tertiary/aromatic N) is 2. The number of nitrogens with one attached hydrogen (secondary N) is 2. The summed E-state index contributed by atoms with van der Waals surface area (Å²) >= 11 is 0. The number of carbonyl (C=O) groups is 1. The molecule has 2 rings (SSSR count). The van der Waals surface area contributed by atoms with Crippen molar-refractivity contribution in [1.29, 1.82) is 5.26 Å². The van der Waals surface area contributed by atoms with Crippen molar-refractivity contribution in [3.05, 3.63) is 24.0 Å². The number of hydrogen-bond donors (Lipinski definition) is 2. The van der Waals surface area contributed by atoms with E-state index in [2.05, 4.69) is 15.6 Å². The van der Waals surface area contributed by atoms with Crippen molar-refractivity contribution in [3.63, 3.8) is 0 Å². The SMILES string of the molecule is CC(C)(C)OC(=O)N[C@@H]1CCC[C@H](Nc2ccnc(C#N)c2)C1. The predicted octanol–water partition coefficient (Wildman–Crippen LogP) is 3.20. The minimum Gasteiger partial charge on any atom is -0.444 e. The van der Waals surface area contributed by atoms with Gasteiger partial charge in [0.1, 0.15) is 17.4 Å². The molecule has 2 atom stereocenters. The minimum atomic E-state index is -0.485. The van der Waals surface area contributed by atoms with Crippen molar-refractivity contribution >= 4 is 11.8 Å². The molecule has 0 aliphatic heterocycles. The van der Waals surface area contributed by atoms with E-state index in [4.69, 9.17) is 10.00 Å². The number of anilines is 1. The van der Waals surface area contributed by atoms with Crippen LogP contribution < -0.4 is 10.6 Å². The lowest BCUT2D eigenvalue weighted by Gasteiger charge is -2.31. The first-order valence-electron chi connectivity index (χ1n) is 7.98. The van der Waals surface area contributed by atoms with Crippen LogP contribution in [-0.4, -0.2) is 28.8 Å². The van der Waals surface area contributed by atoms with Crippen molar-refractivity contribution in [2.24, 2.45) is 0 Å². The lowest BCUT2D eigenvalue weighted by atomic mass is 9.91. The van der Waals surface area contributed by atoms with E-state index in [0.29, 0.717) is 5.69 Å². The Hall–Kier alpha value is -2.29. The van der Waals surface area contributed by atoms with Gasteiger partial charge in [-0.05, 0) is 58.6 Å². The first kappa shape index (κ1) is 17.1. The molecule has 0 spiro atoms. The van der Waals surface area contributed by atoms with Crippen LogP contribution in [0.25, 0.3) is 0 Å². The van der Waals surface area contributed by atoms with Crippen molar-refractivity contribution < 1.29 is 9.53 Å². The number of alkyl carbamates (subject to hydrolysis) is 1. The molecule has 1 aromatic heterocycles. The van der Waals surface area contributed by atoms with Gasteiger partial charge >= 0.3 is 6.09 Å². The summed E-state index contributed by atoms with van der Waals surface area (Å²) in [6.45, 7) is 5.57. The van der Waals surface area contributed by atoms with Crippen LogP contribution in [-0.2, 0) is 4.74 Å². The zero-order valence-electron chi connectivity index (χ0n) is 13.9. The summed E-state index contributed by atoms with van der Waals surface area (Å²) < 4.78 is 5.31. The molecule has 1 saturated carbocycles. The van der Waals surface area contributed by atoms with Gasteiger partial charge in [-0.3, -0.25) is 0 Å². The van der Waals surface area contributed by atoms with Gasteiger partial charge in [0, 0.05) is 24.0 Å². The van der Waals surface area contributed by atoms with E-state index in [1.807, 2.05) is 32.9 Å². The van der Waals surface area contributed by atoms with Gasteiger partial charge in [0.25, 0.3) is 0 Å². The summed E-state index contributed by atoms with van der Waals surface area (Å²) in [5, 5.41) is 15.3. The molecule has 6 heteroatoms. The Morgan fingerprint density at radius 3 is 2.83 bits per heavy atom. The van der Waals surface area contributed by atoms with Gasteiger partial charge in [-0.25, -0.2) is 9.78 Å². The highest BCUT2D eigenvalue weighted by Gasteiger charge is 2.25. The number of pyridine rings is 1. The second-order valence-electron chi connectivity index (χ2n) is 6.89. The topological polar surface area (TPSA) is 87.0 Å². The van der Waals surface area contributed by atoms with Gasteiger partial charge < -0.3 is 15.4 Å². The van der Waals surface area contributed by atoms with Crippen molar-refractivity contribution in [3.8, 4) is 6.07 Å². The van der Waals surface area contributed by atoms with Gasteiger partial charge in [0.15, 0.2) is 0 Å². The summed E-state index contributed by atoms with van der Waals surface area (Å²) in [7, 11) is 0. The van der Waals surface area contributed by atoms with Crippen LogP contribution in [0.4, 0.5) is 10.5 Å². The fourth-order valence-electron chi connectivity index (χ4n) is 2.74. The Kier molecular flexibility index (Phi) is 5.43. The molecule has 6 nitrogen and oxygen atoms in total. The fourth-order valence-corrected chi connectivity index (χ4v) is 2.74. The van der Waals surface area contributed by atoms with E-state index in [1.165, 1.54) is 0 Å². The zero-order valence-corrected chi connectivity index (χ0v) is 13.9. The molecule has 1 aliphatic carbocycles. The number of carbonyl (C=O) groups excluding carboxylic acids is 1. The lowest BCUT2D eigenvalue weighted by Crippen LogP contribution is -2.43. The van der Waals surface area contributed by atoms with E-state index in [-0.39, 0.29) is 18.2 Å². The third-order valence-corrected chi connectivity index (χ3v) is 3.64. The summed E-state index contributed by atoms with van der Waals surface area (Å²) in [4.78, 5) is 15.8. The highest BCUT2D eigenvalue weighted by molar-refractivity contribution is 5.68. The molecule has 1 heterocycles. The smallest absolute Gasteiger partial charge is 0.407 e. The van der Waals surface area contributed by atoms with Crippen LogP contribution in [0, 0.1) is 11.3 Å². The van der Waals surface area contributed by atoms with Gasteiger partial charge in [-0.15, -0.1) is 0 Å². The molecule has 2 N–H and O–H groups in total. The van der Waals surface area contributed by atoms with Crippen molar-refractivity contribution in [1.82, 2.24) is 10.3 Å². The number of ether oxygens (including phenoxy) is 1. The normalized spacial score (nSPS) is 21.1. The maximum absolute atomic E-state index is 11.9. The number of hydrogen-bond acceptors (Lipinski definition) is 5. The average Bonchev–Trinajstić information content (AvgIpc) is 2.45. The van der Waals surface area contributed by atoms with Crippen molar-refractivity contribution in [2.75, 3.05) is 5.32 Å². The first-order valence-corrected chi connectivity index (χ1v) is 7.98. The molecular formula is C17H24N4O2. The standard InChI is InChI=1S/C17H24N4O2/c1-17(2,3)23-16(22)21-13-6-4-5-12(9-13)20-14-7-8-19-15(10-14)11-18/h7-8,10,12-13H,4-6,9H2,1-3H3,(H,19,20)(H,21,22)/t12-,13+/m0/s1. The maximum Gasteiger partial charge on any atom is 0.407 e. The van der Waals surface area contributed by atoms with Gasteiger partial charge in [0.05, 0.1) is 0 Å². The largest absolute Gasteiger partial charge is 0.444 e. The second-order valence-corrected chi connectivity index (χ2v) is 6.89. The molecule has 0 radical (unpaired) electrons. The molecule has 1 amide bonds. The lowest BCUT2D eigenvalue weighted by molar-refractivity contribution is 0.0492. The summed E-state index contributed by atoms with van der Waals surface area (Å²) in [6.07, 6.45) is 5.13. The summed E-state index contributed by atoms with van der Waals surface area (Å²) in [5.41, 5.74) is 0.801. The Balaban J connectivity index is 1.88. The molecular weight excluding hydrogens is 292 g/mol. The van der Waals surface area contributed by atoms with Gasteiger partial charge in [-0.1, -0.05) is 0 Å². The fraction of sp³-hybridized carbons (Fsp3) is 0.588. The van der Waals surface area contributed by atoms with E-state index in [1.54, 1.807) is 12.3 Å². The molecule has 1 aliphatic rings. The Bertz CT molecular complexity index is 589. The van der Waals surface area contributed by atoms with Crippen LogP contribution >= 0.6 is 0 Å². The van der Waals surface area contributed by atoms with Crippen LogP contribution in [0.15, 0.2) is 18.3 Å². The predicted molar refractivity (Wildman–Crippen MR) is 88.0 cm³/mol. The molecule has 0 aromatic carbocycles. The van der Waals surface area contributed by atoms with Crippen LogP contribution in [0.3, 0.4) is 0 Å². The van der Waals surface area contributed by atoms with Crippen LogP contribution in [0.5, 0.6) is 0 Å². The maximum atomic E-state index is 11.9. The molecule has 1 aromatic rings. The third kappa shape index (κ3) is 5.78. The molecule has 0 saturated heterocycles. The van der Waals surface area contributed by atoms with E-state index >= 15 is 0 Å². The van der Waals surface area contributed by atoms with E-state index in [9.17, 15) is 4.79 Å². The van der Waals surface area contributed by atoms with Crippen LogP contribution in [0.2, 0.25) is 0 Å². The highest BCUT2D eigenvalue weighted by atomic mass is 16.6. The number of amides is 1. The van der Waals surface area contributed by atoms with E-state index in [0.717, 1.165) is 31.4 Å². The third-order valence-electron chi connectivity index (χ3n) is 3.64. The minimum absolute atomic E-state index is 0.105. The van der Waals surface area contributed by atoms with Crippen molar-refractivity contribution in [2.45, 2.75) is 64.1 Å². The quantitative estimate of drug-likeness (QED) is 0.894. The number of nitriles is 1. The Morgan fingerprint density at radius 2 is 2.13 bits per heavy atom. The number of aromatic nitrogens is 1. The molecule has 124 valence electrons. The zero-order chi connectivity index (χ0) is 16.9. The molecule has 0 unspecified atom stereocenters. The van der Waals surface area contributed by atoms with E-state index < -0.39 is 5.60 Å². The Morgan fingerprint density at radius 1 is 1.39 bits per heavy atom. The molecule has 1 fully saturated rings. The average molecular weight is 316 g/mol. The Labute approximate surface area is 137 Å². The summed E-state index contributed by atoms with van der Waals surface area (Å²) in [5.74, 6) is 0. The monoisotopic (exact) mass is 316 g/mol. The molecule has 23 heavy (non-hydrogen) atoms. The van der Waals surface area contributed by atoms with Gasteiger partial charge in [-0.2, -0.15) is 5.26 Å². The van der Waals surface area contributed by atoms with Crippen LogP contribution in [0.1, 0.15) is 52.1 Å². The number of rotatable bonds is 3. The second kappa shape index (κ2) is 7.32. The summed E-state index contributed by atoms with van der Waals surface area (Å²) in [6, 6.07) is 6.00. The molecule has 0 bridgehead atoms. The van der Waals surface area contributed by atoms with Gasteiger partial charge in [0.2, 0.25) is 0 Å².